The van der Waals surface area contributed by atoms with Crippen LogP contribution in [-0.2, 0) is 33.2 Å². The van der Waals surface area contributed by atoms with Gasteiger partial charge in [0.25, 0.3) is 0 Å². The Morgan fingerprint density at radius 2 is 1.67 bits per heavy atom. The molecule has 11 heteroatoms. The SMILES string of the molecule is CO[C@H]1O[C@H](CO)[C@@H](O)[C@H](S[C@@H]2[C@H]3OC(C)(C)O[C@H]3O[C@@H]2[C@H]2COC(C)(C)O2)[C@@H]1O. The lowest BCUT2D eigenvalue weighted by Crippen LogP contribution is -2.59. The summed E-state index contributed by atoms with van der Waals surface area (Å²) in [4.78, 5) is 0. The van der Waals surface area contributed by atoms with Crippen LogP contribution in [0.3, 0.4) is 0 Å². The molecule has 0 aromatic heterocycles. The largest absolute Gasteiger partial charge is 0.394 e. The molecule has 0 saturated carbocycles. The molecule has 4 heterocycles. The van der Waals surface area contributed by atoms with Crippen molar-refractivity contribution >= 4 is 11.8 Å². The highest BCUT2D eigenvalue weighted by atomic mass is 32.2. The molecular weight excluding hydrogens is 420 g/mol. The smallest absolute Gasteiger partial charge is 0.188 e. The van der Waals surface area contributed by atoms with Gasteiger partial charge in [0.1, 0.15) is 30.5 Å². The summed E-state index contributed by atoms with van der Waals surface area (Å²) in [6.45, 7) is 7.23. The zero-order valence-electron chi connectivity index (χ0n) is 17.8. The summed E-state index contributed by atoms with van der Waals surface area (Å²) in [5.74, 6) is -1.55. The number of hydrogen-bond donors (Lipinski definition) is 3. The molecule has 10 atom stereocenters. The molecule has 0 aromatic rings. The molecule has 0 aliphatic carbocycles. The van der Waals surface area contributed by atoms with Crippen LogP contribution in [0, 0.1) is 0 Å². The van der Waals surface area contributed by atoms with Gasteiger partial charge in [-0.1, -0.05) is 0 Å². The van der Waals surface area contributed by atoms with Gasteiger partial charge in [0.2, 0.25) is 0 Å². The van der Waals surface area contributed by atoms with Crippen LogP contribution in [-0.4, -0.2) is 107 Å². The predicted molar refractivity (Wildman–Crippen MR) is 104 cm³/mol. The van der Waals surface area contributed by atoms with Gasteiger partial charge in [-0.2, -0.15) is 0 Å². The van der Waals surface area contributed by atoms with E-state index in [-0.39, 0.29) is 11.4 Å². The first kappa shape index (κ1) is 23.1. The summed E-state index contributed by atoms with van der Waals surface area (Å²) in [6, 6.07) is 0. The Hall–Kier alpha value is -0.0500. The van der Waals surface area contributed by atoms with Crippen molar-refractivity contribution in [2.45, 2.75) is 99.0 Å². The number of thioether (sulfide) groups is 1. The molecule has 0 unspecified atom stereocenters. The molecule has 4 aliphatic rings. The fraction of sp³-hybridized carbons (Fsp3) is 1.00. The Morgan fingerprint density at radius 3 is 2.27 bits per heavy atom. The molecule has 10 nitrogen and oxygen atoms in total. The average Bonchev–Trinajstić information content (AvgIpc) is 3.28. The zero-order valence-corrected chi connectivity index (χ0v) is 18.6. The van der Waals surface area contributed by atoms with Crippen molar-refractivity contribution in [3.63, 3.8) is 0 Å². The summed E-state index contributed by atoms with van der Waals surface area (Å²) in [6.07, 6.45) is -5.93. The number of hydrogen-bond acceptors (Lipinski definition) is 11. The van der Waals surface area contributed by atoms with E-state index in [2.05, 4.69) is 0 Å². The maximum Gasteiger partial charge on any atom is 0.188 e. The van der Waals surface area contributed by atoms with E-state index in [0.717, 1.165) is 0 Å². The van der Waals surface area contributed by atoms with Crippen LogP contribution in [0.4, 0.5) is 0 Å². The fourth-order valence-electron chi connectivity index (χ4n) is 4.43. The van der Waals surface area contributed by atoms with E-state index in [9.17, 15) is 15.3 Å². The molecule has 0 spiro atoms. The summed E-state index contributed by atoms with van der Waals surface area (Å²) < 4.78 is 40.6. The molecule has 4 aliphatic heterocycles. The van der Waals surface area contributed by atoms with Gasteiger partial charge in [-0.15, -0.1) is 11.8 Å². The van der Waals surface area contributed by atoms with Gasteiger partial charge in [-0.25, -0.2) is 0 Å². The minimum atomic E-state index is -1.12. The van der Waals surface area contributed by atoms with Crippen LogP contribution in [0.1, 0.15) is 27.7 Å². The maximum atomic E-state index is 10.8. The standard InChI is InChI=1S/C19H32O10S/c1-18(2)24-7-9(27-18)12-15(13-17(26-12)29-19(3,4)28-13)30-14-10(21)8(6-20)25-16(23-5)11(14)22/h8-17,20-22H,6-7H2,1-5H3/t8-,9-,10-,11+,12-,13-,14+,15+,16+,17-/m1/s1. The van der Waals surface area contributed by atoms with Gasteiger partial charge in [0, 0.05) is 7.11 Å². The van der Waals surface area contributed by atoms with Crippen molar-refractivity contribution < 1.29 is 48.5 Å². The monoisotopic (exact) mass is 452 g/mol. The molecule has 4 rings (SSSR count). The maximum absolute atomic E-state index is 10.8. The number of ether oxygens (including phenoxy) is 7. The highest BCUT2D eigenvalue weighted by Crippen LogP contribution is 2.47. The molecule has 4 saturated heterocycles. The topological polar surface area (TPSA) is 125 Å². The minimum Gasteiger partial charge on any atom is -0.394 e. The van der Waals surface area contributed by atoms with Crippen molar-refractivity contribution in [3.05, 3.63) is 0 Å². The molecule has 0 radical (unpaired) electrons. The lowest BCUT2D eigenvalue weighted by atomic mass is 10.0. The summed E-state index contributed by atoms with van der Waals surface area (Å²) in [5.41, 5.74) is 0. The predicted octanol–water partition coefficient (Wildman–Crippen LogP) is -0.430. The molecule has 3 N–H and O–H groups in total. The van der Waals surface area contributed by atoms with Gasteiger partial charge in [-0.05, 0) is 27.7 Å². The summed E-state index contributed by atoms with van der Waals surface area (Å²) >= 11 is 1.32. The van der Waals surface area contributed by atoms with Gasteiger partial charge < -0.3 is 48.5 Å². The second-order valence-electron chi connectivity index (χ2n) is 8.94. The molecule has 174 valence electrons. The summed E-state index contributed by atoms with van der Waals surface area (Å²) in [5, 5.41) is 30.1. The highest BCUT2D eigenvalue weighted by Gasteiger charge is 2.60. The quantitative estimate of drug-likeness (QED) is 0.503. The fourth-order valence-corrected chi connectivity index (χ4v) is 6.15. The first-order chi connectivity index (χ1) is 14.0. The van der Waals surface area contributed by atoms with E-state index in [1.54, 1.807) is 0 Å². The van der Waals surface area contributed by atoms with Crippen molar-refractivity contribution in [2.24, 2.45) is 0 Å². The number of aliphatic hydroxyl groups excluding tert-OH is 3. The van der Waals surface area contributed by atoms with Crippen LogP contribution in [0.15, 0.2) is 0 Å². The Kier molecular flexibility index (Phi) is 6.46. The second-order valence-corrected chi connectivity index (χ2v) is 10.3. The number of aliphatic hydroxyl groups is 3. The highest BCUT2D eigenvalue weighted by molar-refractivity contribution is 8.00. The van der Waals surface area contributed by atoms with Gasteiger partial charge in [0.15, 0.2) is 24.2 Å². The zero-order chi connectivity index (χ0) is 21.8. The molecule has 0 aromatic carbocycles. The van der Waals surface area contributed by atoms with Crippen molar-refractivity contribution in [3.8, 4) is 0 Å². The Morgan fingerprint density at radius 1 is 0.933 bits per heavy atom. The Labute approximate surface area is 180 Å². The molecule has 30 heavy (non-hydrogen) atoms. The first-order valence-electron chi connectivity index (χ1n) is 10.2. The minimum absolute atomic E-state index is 0.330. The van der Waals surface area contributed by atoms with Crippen LogP contribution in [0.25, 0.3) is 0 Å². The third-order valence-electron chi connectivity index (χ3n) is 5.79. The van der Waals surface area contributed by atoms with Crippen LogP contribution in [0.2, 0.25) is 0 Å². The normalized spacial score (nSPS) is 50.0. The number of methoxy groups -OCH3 is 1. The van der Waals surface area contributed by atoms with Crippen molar-refractivity contribution in [1.29, 1.82) is 0 Å². The van der Waals surface area contributed by atoms with E-state index in [1.807, 2.05) is 27.7 Å². The van der Waals surface area contributed by atoms with E-state index in [4.69, 9.17) is 33.2 Å². The average molecular weight is 453 g/mol. The third-order valence-corrected chi connectivity index (χ3v) is 7.51. The van der Waals surface area contributed by atoms with E-state index in [0.29, 0.717) is 6.61 Å². The second kappa shape index (κ2) is 8.38. The Bertz CT molecular complexity index is 602. The van der Waals surface area contributed by atoms with E-state index >= 15 is 0 Å². The number of fused-ring (bicyclic) bond motifs is 1. The molecule has 0 bridgehead atoms. The van der Waals surface area contributed by atoms with Crippen LogP contribution in [0.5, 0.6) is 0 Å². The molecular formula is C19H32O10S. The number of rotatable bonds is 5. The van der Waals surface area contributed by atoms with Gasteiger partial charge >= 0.3 is 0 Å². The van der Waals surface area contributed by atoms with Crippen molar-refractivity contribution in [1.82, 2.24) is 0 Å². The van der Waals surface area contributed by atoms with E-state index in [1.165, 1.54) is 18.9 Å². The lowest BCUT2D eigenvalue weighted by Gasteiger charge is -2.43. The van der Waals surface area contributed by atoms with E-state index < -0.39 is 66.5 Å². The van der Waals surface area contributed by atoms with Crippen LogP contribution < -0.4 is 0 Å². The molecule has 0 amide bonds. The first-order valence-corrected chi connectivity index (χ1v) is 11.1. The molecule has 4 fully saturated rings. The van der Waals surface area contributed by atoms with Gasteiger partial charge in [-0.3, -0.25) is 0 Å². The third kappa shape index (κ3) is 4.27. The van der Waals surface area contributed by atoms with Crippen LogP contribution >= 0.6 is 11.8 Å². The Balaban J connectivity index is 1.57. The lowest BCUT2D eigenvalue weighted by molar-refractivity contribution is -0.258. The van der Waals surface area contributed by atoms with Gasteiger partial charge in [0.05, 0.1) is 29.8 Å². The van der Waals surface area contributed by atoms with Crippen molar-refractivity contribution in [2.75, 3.05) is 20.3 Å². The summed E-state index contributed by atoms with van der Waals surface area (Å²) in [7, 11) is 1.40.